The Hall–Kier alpha value is -3.71. The fourth-order valence-electron chi connectivity index (χ4n) is 3.66. The molecule has 1 N–H and O–H groups in total. The number of pyridine rings is 1. The molecule has 0 saturated carbocycles. The average molecular weight is 473 g/mol. The third kappa shape index (κ3) is 4.94. The van der Waals surface area contributed by atoms with Crippen molar-refractivity contribution in [1.82, 2.24) is 4.98 Å². The van der Waals surface area contributed by atoms with E-state index in [2.05, 4.69) is 10.3 Å². The summed E-state index contributed by atoms with van der Waals surface area (Å²) >= 11 is 1.13. The summed E-state index contributed by atoms with van der Waals surface area (Å²) < 4.78 is 5.29. The number of para-hydroxylation sites is 1. The van der Waals surface area contributed by atoms with Crippen molar-refractivity contribution in [1.29, 1.82) is 0 Å². The Bertz CT molecular complexity index is 1490. The van der Waals surface area contributed by atoms with Crippen molar-refractivity contribution in [2.45, 2.75) is 32.7 Å². The van der Waals surface area contributed by atoms with Crippen molar-refractivity contribution in [3.8, 4) is 0 Å². The van der Waals surface area contributed by atoms with Gasteiger partial charge in [-0.15, -0.1) is 0 Å². The number of Topliss-reactive ketones (excluding diaryl/α,β-unsaturated/α-hetero) is 1. The van der Waals surface area contributed by atoms with Crippen molar-refractivity contribution >= 4 is 40.1 Å². The largest absolute Gasteiger partial charge is 0.422 e. The summed E-state index contributed by atoms with van der Waals surface area (Å²) in [5.74, 6) is -0.734. The molecule has 2 aromatic carbocycles. The Labute approximate surface area is 201 Å². The summed E-state index contributed by atoms with van der Waals surface area (Å²) in [6.07, 6.45) is 0. The first-order valence-corrected chi connectivity index (χ1v) is 11.8. The molecule has 0 unspecified atom stereocenters. The van der Waals surface area contributed by atoms with Crippen LogP contribution in [0.5, 0.6) is 0 Å². The second-order valence-electron chi connectivity index (χ2n) is 8.21. The standard InChI is InChI=1S/C27H24N2O4S/c1-15-9-10-20(12-16(15)2)29-25(31)24-17(3)11-18(4)28-26(24)34-14-22(30)21-13-19-7-5-6-8-23(19)33-27(21)32/h5-13H,14H2,1-4H3,(H,29,31). The molecule has 4 aromatic rings. The van der Waals surface area contributed by atoms with Crippen LogP contribution in [-0.4, -0.2) is 22.4 Å². The smallest absolute Gasteiger partial charge is 0.347 e. The Morgan fingerprint density at radius 1 is 0.941 bits per heavy atom. The van der Waals surface area contributed by atoms with E-state index >= 15 is 0 Å². The number of hydrogen-bond donors (Lipinski definition) is 1. The predicted octanol–water partition coefficient (Wildman–Crippen LogP) is 5.65. The highest BCUT2D eigenvalue weighted by Crippen LogP contribution is 2.27. The van der Waals surface area contributed by atoms with Crippen LogP contribution in [0.15, 0.2) is 68.8 Å². The van der Waals surface area contributed by atoms with E-state index in [0.29, 0.717) is 27.2 Å². The lowest BCUT2D eigenvalue weighted by molar-refractivity contribution is 0.101. The Balaban J connectivity index is 1.59. The molecule has 0 saturated heterocycles. The number of amides is 1. The maximum atomic E-state index is 13.2. The van der Waals surface area contributed by atoms with Crippen LogP contribution in [0.1, 0.15) is 43.1 Å². The first-order chi connectivity index (χ1) is 16.2. The average Bonchev–Trinajstić information content (AvgIpc) is 2.79. The molecule has 0 atom stereocenters. The molecule has 0 radical (unpaired) electrons. The number of nitrogens with zero attached hydrogens (tertiary/aromatic N) is 1. The number of carbonyl (C=O) groups is 2. The van der Waals surface area contributed by atoms with Gasteiger partial charge >= 0.3 is 5.63 Å². The van der Waals surface area contributed by atoms with Gasteiger partial charge in [0, 0.05) is 16.8 Å². The van der Waals surface area contributed by atoms with Gasteiger partial charge in [-0.25, -0.2) is 9.78 Å². The van der Waals surface area contributed by atoms with Crippen molar-refractivity contribution in [2.24, 2.45) is 0 Å². The minimum absolute atomic E-state index is 0.0169. The molecule has 4 rings (SSSR count). The Kier molecular flexibility index (Phi) is 6.65. The lowest BCUT2D eigenvalue weighted by atomic mass is 10.1. The number of hydrogen-bond acceptors (Lipinski definition) is 6. The van der Waals surface area contributed by atoms with Crippen LogP contribution >= 0.6 is 11.8 Å². The van der Waals surface area contributed by atoms with E-state index in [1.165, 1.54) is 0 Å². The molecule has 0 aliphatic rings. The van der Waals surface area contributed by atoms with E-state index in [4.69, 9.17) is 4.42 Å². The lowest BCUT2D eigenvalue weighted by Gasteiger charge is -2.13. The number of fused-ring (bicyclic) bond motifs is 1. The Morgan fingerprint density at radius 2 is 1.71 bits per heavy atom. The zero-order chi connectivity index (χ0) is 24.4. The van der Waals surface area contributed by atoms with Gasteiger partial charge in [0.05, 0.1) is 11.3 Å². The summed E-state index contributed by atoms with van der Waals surface area (Å²) in [6, 6.07) is 16.1. The van der Waals surface area contributed by atoms with Gasteiger partial charge in [-0.1, -0.05) is 36.0 Å². The van der Waals surface area contributed by atoms with Gasteiger partial charge in [-0.05, 0) is 74.7 Å². The van der Waals surface area contributed by atoms with Crippen molar-refractivity contribution in [2.75, 3.05) is 11.1 Å². The quantitative estimate of drug-likeness (QED) is 0.222. The van der Waals surface area contributed by atoms with Crippen LogP contribution in [0.3, 0.4) is 0 Å². The third-order valence-corrected chi connectivity index (χ3v) is 6.56. The molecule has 172 valence electrons. The highest BCUT2D eigenvalue weighted by molar-refractivity contribution is 8.00. The van der Waals surface area contributed by atoms with Gasteiger partial charge in [-0.3, -0.25) is 9.59 Å². The molecule has 6 nitrogen and oxygen atoms in total. The van der Waals surface area contributed by atoms with Gasteiger partial charge < -0.3 is 9.73 Å². The molecule has 1 amide bonds. The number of aromatic nitrogens is 1. The normalized spacial score (nSPS) is 10.9. The number of anilines is 1. The van der Waals surface area contributed by atoms with Crippen molar-refractivity contribution in [3.63, 3.8) is 0 Å². The van der Waals surface area contributed by atoms with Gasteiger partial charge in [0.1, 0.15) is 16.2 Å². The first-order valence-electron chi connectivity index (χ1n) is 10.8. The summed E-state index contributed by atoms with van der Waals surface area (Å²) in [5.41, 5.74) is 4.54. The molecular weight excluding hydrogens is 448 g/mol. The first kappa shape index (κ1) is 23.4. The van der Waals surface area contributed by atoms with Crippen LogP contribution in [0, 0.1) is 27.7 Å². The zero-order valence-corrected chi connectivity index (χ0v) is 20.2. The fraction of sp³-hybridized carbons (Fsp3) is 0.185. The molecule has 2 aromatic heterocycles. The van der Waals surface area contributed by atoms with E-state index in [1.807, 2.05) is 58.0 Å². The van der Waals surface area contributed by atoms with Gasteiger partial charge in [0.2, 0.25) is 0 Å². The van der Waals surface area contributed by atoms with Crippen LogP contribution in [0.4, 0.5) is 5.69 Å². The lowest BCUT2D eigenvalue weighted by Crippen LogP contribution is -2.18. The van der Waals surface area contributed by atoms with Crippen LogP contribution in [0.25, 0.3) is 11.0 Å². The molecule has 34 heavy (non-hydrogen) atoms. The van der Waals surface area contributed by atoms with Crippen LogP contribution in [-0.2, 0) is 0 Å². The van der Waals surface area contributed by atoms with Crippen LogP contribution in [0.2, 0.25) is 0 Å². The molecule has 2 heterocycles. The maximum Gasteiger partial charge on any atom is 0.347 e. The fourth-order valence-corrected chi connectivity index (χ4v) is 4.69. The summed E-state index contributed by atoms with van der Waals surface area (Å²) in [6.45, 7) is 7.67. The van der Waals surface area contributed by atoms with Crippen LogP contribution < -0.4 is 10.9 Å². The van der Waals surface area contributed by atoms with Gasteiger partial charge in [0.25, 0.3) is 5.91 Å². The van der Waals surface area contributed by atoms with Gasteiger partial charge in [0.15, 0.2) is 5.78 Å². The maximum absolute atomic E-state index is 13.2. The number of rotatable bonds is 6. The highest BCUT2D eigenvalue weighted by Gasteiger charge is 2.20. The van der Waals surface area contributed by atoms with E-state index in [9.17, 15) is 14.4 Å². The second kappa shape index (κ2) is 9.65. The summed E-state index contributed by atoms with van der Waals surface area (Å²) in [7, 11) is 0. The second-order valence-corrected chi connectivity index (χ2v) is 9.18. The van der Waals surface area contributed by atoms with E-state index in [0.717, 1.165) is 34.1 Å². The molecule has 0 aliphatic carbocycles. The summed E-state index contributed by atoms with van der Waals surface area (Å²) in [4.78, 5) is 42.9. The summed E-state index contributed by atoms with van der Waals surface area (Å²) in [5, 5.41) is 4.05. The monoisotopic (exact) mass is 472 g/mol. The Morgan fingerprint density at radius 3 is 2.47 bits per heavy atom. The number of benzene rings is 2. The van der Waals surface area contributed by atoms with E-state index < -0.39 is 5.63 Å². The molecule has 0 bridgehead atoms. The molecule has 0 spiro atoms. The molecular formula is C27H24N2O4S. The number of nitrogens with one attached hydrogen (secondary N) is 1. The SMILES string of the molecule is Cc1cc(C)c(C(=O)Nc2ccc(C)c(C)c2)c(SCC(=O)c2cc3ccccc3oc2=O)n1. The van der Waals surface area contributed by atoms with Crippen molar-refractivity contribution in [3.05, 3.63) is 98.5 Å². The number of carbonyl (C=O) groups excluding carboxylic acids is 2. The molecule has 0 aliphatic heterocycles. The minimum Gasteiger partial charge on any atom is -0.422 e. The predicted molar refractivity (Wildman–Crippen MR) is 135 cm³/mol. The van der Waals surface area contributed by atoms with Gasteiger partial charge in [-0.2, -0.15) is 0 Å². The van der Waals surface area contributed by atoms with E-state index in [-0.39, 0.29) is 23.0 Å². The number of aryl methyl sites for hydroxylation is 4. The minimum atomic E-state index is -0.676. The number of ketones is 1. The molecule has 0 fully saturated rings. The molecule has 7 heteroatoms. The highest BCUT2D eigenvalue weighted by atomic mass is 32.2. The zero-order valence-electron chi connectivity index (χ0n) is 19.4. The van der Waals surface area contributed by atoms with E-state index in [1.54, 1.807) is 24.3 Å². The third-order valence-electron chi connectivity index (χ3n) is 5.59. The topological polar surface area (TPSA) is 89.3 Å². The number of thioether (sulfide) groups is 1. The van der Waals surface area contributed by atoms with Crippen molar-refractivity contribution < 1.29 is 14.0 Å².